The minimum absolute atomic E-state index is 0.852. The zero-order valence-corrected chi connectivity index (χ0v) is 13.2. The first-order chi connectivity index (χ1) is 9.29. The molecular weight excluding hydrogens is 252 g/mol. The van der Waals surface area contributed by atoms with Gasteiger partial charge in [0.15, 0.2) is 0 Å². The highest BCUT2D eigenvalue weighted by molar-refractivity contribution is 7.09. The van der Waals surface area contributed by atoms with Crippen LogP contribution in [0.4, 0.5) is 0 Å². The molecule has 3 heteroatoms. The Balaban J connectivity index is 1.72. The molecule has 2 atom stereocenters. The van der Waals surface area contributed by atoms with Gasteiger partial charge in [0, 0.05) is 11.4 Å². The first-order valence-corrected chi connectivity index (χ1v) is 8.63. The third-order valence-corrected chi connectivity index (χ3v) is 5.31. The van der Waals surface area contributed by atoms with Gasteiger partial charge in [-0.3, -0.25) is 4.90 Å². The zero-order valence-electron chi connectivity index (χ0n) is 12.4. The average Bonchev–Trinajstić information content (AvgIpc) is 2.97. The van der Waals surface area contributed by atoms with Crippen LogP contribution in [0, 0.1) is 11.8 Å². The molecule has 1 aliphatic rings. The third-order valence-electron chi connectivity index (χ3n) is 4.45. The van der Waals surface area contributed by atoms with Crippen molar-refractivity contribution in [2.24, 2.45) is 11.8 Å². The molecule has 1 aromatic heterocycles. The molecule has 1 N–H and O–H groups in total. The highest BCUT2D eigenvalue weighted by Crippen LogP contribution is 2.23. The van der Waals surface area contributed by atoms with Gasteiger partial charge in [0.2, 0.25) is 0 Å². The summed E-state index contributed by atoms with van der Waals surface area (Å²) >= 11 is 1.88. The minimum atomic E-state index is 0.852. The number of piperidine rings is 1. The smallest absolute Gasteiger partial charge is 0.0327 e. The lowest BCUT2D eigenvalue weighted by Crippen LogP contribution is -2.34. The van der Waals surface area contributed by atoms with Gasteiger partial charge in [-0.2, -0.15) is 0 Å². The minimum Gasteiger partial charge on any atom is -0.316 e. The second kappa shape index (κ2) is 8.03. The van der Waals surface area contributed by atoms with Crippen LogP contribution in [0.1, 0.15) is 38.0 Å². The summed E-state index contributed by atoms with van der Waals surface area (Å²) in [7, 11) is 0. The van der Waals surface area contributed by atoms with Crippen molar-refractivity contribution in [2.75, 3.05) is 26.2 Å². The van der Waals surface area contributed by atoms with E-state index in [1.807, 2.05) is 11.3 Å². The van der Waals surface area contributed by atoms with E-state index in [0.29, 0.717) is 0 Å². The summed E-state index contributed by atoms with van der Waals surface area (Å²) in [5.41, 5.74) is 0. The van der Waals surface area contributed by atoms with E-state index >= 15 is 0 Å². The largest absolute Gasteiger partial charge is 0.316 e. The van der Waals surface area contributed by atoms with Gasteiger partial charge < -0.3 is 5.32 Å². The molecule has 1 aliphatic heterocycles. The lowest BCUT2D eigenvalue weighted by molar-refractivity contribution is 0.214. The fraction of sp³-hybridized carbons (Fsp3) is 0.750. The normalized spacial score (nSPS) is 21.7. The van der Waals surface area contributed by atoms with E-state index in [-0.39, 0.29) is 0 Å². The van der Waals surface area contributed by atoms with Crippen molar-refractivity contribution in [1.29, 1.82) is 0 Å². The Labute approximate surface area is 122 Å². The number of nitrogens with zero attached hydrogens (tertiary/aromatic N) is 1. The summed E-state index contributed by atoms with van der Waals surface area (Å²) in [6, 6.07) is 4.41. The average molecular weight is 280 g/mol. The van der Waals surface area contributed by atoms with Crippen molar-refractivity contribution in [3.05, 3.63) is 22.4 Å². The van der Waals surface area contributed by atoms with Crippen LogP contribution in [0.15, 0.2) is 17.5 Å². The molecule has 2 rings (SSSR count). The van der Waals surface area contributed by atoms with E-state index in [2.05, 4.69) is 41.6 Å². The lowest BCUT2D eigenvalue weighted by atomic mass is 9.85. The molecule has 2 unspecified atom stereocenters. The summed E-state index contributed by atoms with van der Waals surface area (Å²) in [5.74, 6) is 1.75. The zero-order chi connectivity index (χ0) is 13.5. The maximum Gasteiger partial charge on any atom is 0.0327 e. The van der Waals surface area contributed by atoms with Crippen LogP contribution >= 0.6 is 11.3 Å². The monoisotopic (exact) mass is 280 g/mol. The number of nitrogens with one attached hydrogen (secondary N) is 1. The highest BCUT2D eigenvalue weighted by Gasteiger charge is 2.20. The van der Waals surface area contributed by atoms with Crippen LogP contribution in [0.2, 0.25) is 0 Å². The Kier molecular flexibility index (Phi) is 6.35. The molecule has 2 nitrogen and oxygen atoms in total. The highest BCUT2D eigenvalue weighted by atomic mass is 32.1. The van der Waals surface area contributed by atoms with E-state index in [4.69, 9.17) is 0 Å². The summed E-state index contributed by atoms with van der Waals surface area (Å²) < 4.78 is 0. The fourth-order valence-electron chi connectivity index (χ4n) is 2.96. The van der Waals surface area contributed by atoms with Crippen LogP contribution in [0.25, 0.3) is 0 Å². The Bertz CT molecular complexity index is 331. The molecule has 0 aromatic carbocycles. The second-order valence-corrected chi connectivity index (χ2v) is 6.85. The number of hydrogen-bond donors (Lipinski definition) is 1. The SMILES string of the molecule is CCN(CCC(C)C1CCCNC1)Cc1cccs1. The molecule has 0 amide bonds. The molecule has 0 radical (unpaired) electrons. The third kappa shape index (κ3) is 4.90. The second-order valence-electron chi connectivity index (χ2n) is 5.82. The van der Waals surface area contributed by atoms with E-state index in [1.54, 1.807) is 0 Å². The number of rotatable bonds is 7. The Morgan fingerprint density at radius 3 is 3.05 bits per heavy atom. The van der Waals surface area contributed by atoms with E-state index in [9.17, 15) is 0 Å². The van der Waals surface area contributed by atoms with Crippen LogP contribution in [-0.4, -0.2) is 31.1 Å². The van der Waals surface area contributed by atoms with Gasteiger partial charge in [-0.05, 0) is 68.7 Å². The molecule has 1 fully saturated rings. The van der Waals surface area contributed by atoms with E-state index < -0.39 is 0 Å². The predicted molar refractivity (Wildman–Crippen MR) is 84.6 cm³/mol. The maximum absolute atomic E-state index is 3.54. The number of thiophene rings is 1. The van der Waals surface area contributed by atoms with Gasteiger partial charge in [-0.15, -0.1) is 11.3 Å². The van der Waals surface area contributed by atoms with Crippen molar-refractivity contribution in [3.63, 3.8) is 0 Å². The molecule has 108 valence electrons. The Morgan fingerprint density at radius 2 is 2.42 bits per heavy atom. The standard InChI is InChI=1S/C16H28N2S/c1-3-18(13-16-7-5-11-19-16)10-8-14(2)15-6-4-9-17-12-15/h5,7,11,14-15,17H,3-4,6,8-10,12-13H2,1-2H3. The van der Waals surface area contributed by atoms with Gasteiger partial charge in [0.1, 0.15) is 0 Å². The van der Waals surface area contributed by atoms with Gasteiger partial charge in [-0.1, -0.05) is 19.9 Å². The maximum atomic E-state index is 3.54. The van der Waals surface area contributed by atoms with Crippen LogP contribution in [-0.2, 0) is 6.54 Å². The molecule has 0 spiro atoms. The van der Waals surface area contributed by atoms with Crippen molar-refractivity contribution < 1.29 is 0 Å². The van der Waals surface area contributed by atoms with Gasteiger partial charge in [-0.25, -0.2) is 0 Å². The van der Waals surface area contributed by atoms with Crippen LogP contribution < -0.4 is 5.32 Å². The van der Waals surface area contributed by atoms with Crippen LogP contribution in [0.3, 0.4) is 0 Å². The quantitative estimate of drug-likeness (QED) is 0.821. The number of hydrogen-bond acceptors (Lipinski definition) is 3. The van der Waals surface area contributed by atoms with Gasteiger partial charge >= 0.3 is 0 Å². The molecule has 1 saturated heterocycles. The summed E-state index contributed by atoms with van der Waals surface area (Å²) in [4.78, 5) is 4.08. The predicted octanol–water partition coefficient (Wildman–Crippen LogP) is 3.60. The Morgan fingerprint density at radius 1 is 1.53 bits per heavy atom. The molecule has 0 aliphatic carbocycles. The molecule has 2 heterocycles. The summed E-state index contributed by atoms with van der Waals surface area (Å²) in [5, 5.41) is 5.72. The van der Waals surface area contributed by atoms with Crippen molar-refractivity contribution >= 4 is 11.3 Å². The van der Waals surface area contributed by atoms with Crippen molar-refractivity contribution in [1.82, 2.24) is 10.2 Å². The topological polar surface area (TPSA) is 15.3 Å². The lowest BCUT2D eigenvalue weighted by Gasteiger charge is -2.30. The summed E-state index contributed by atoms with van der Waals surface area (Å²) in [6.07, 6.45) is 4.12. The molecule has 19 heavy (non-hydrogen) atoms. The first kappa shape index (κ1) is 15.0. The van der Waals surface area contributed by atoms with E-state index in [1.165, 1.54) is 43.8 Å². The summed E-state index contributed by atoms with van der Waals surface area (Å²) in [6.45, 7) is 10.7. The van der Waals surface area contributed by atoms with E-state index in [0.717, 1.165) is 24.9 Å². The van der Waals surface area contributed by atoms with Gasteiger partial charge in [0.05, 0.1) is 0 Å². The van der Waals surface area contributed by atoms with Crippen molar-refractivity contribution in [2.45, 2.75) is 39.7 Å². The molecule has 0 bridgehead atoms. The van der Waals surface area contributed by atoms with Crippen molar-refractivity contribution in [3.8, 4) is 0 Å². The van der Waals surface area contributed by atoms with Gasteiger partial charge in [0.25, 0.3) is 0 Å². The Hall–Kier alpha value is -0.380. The molecule has 1 aromatic rings. The van der Waals surface area contributed by atoms with Crippen LogP contribution in [0.5, 0.6) is 0 Å². The fourth-order valence-corrected chi connectivity index (χ4v) is 3.70. The molecular formula is C16H28N2S. The first-order valence-electron chi connectivity index (χ1n) is 7.75. The molecule has 0 saturated carbocycles.